The van der Waals surface area contributed by atoms with E-state index in [1.165, 1.54) is 0 Å². The average molecular weight is 334 g/mol. The fourth-order valence-electron chi connectivity index (χ4n) is 2.88. The first kappa shape index (κ1) is 18.1. The van der Waals surface area contributed by atoms with Crippen molar-refractivity contribution >= 4 is 11.8 Å². The minimum Gasteiger partial charge on any atom is -0.493 e. The molecule has 132 valence electrons. The van der Waals surface area contributed by atoms with Crippen LogP contribution in [-0.2, 0) is 9.59 Å². The summed E-state index contributed by atoms with van der Waals surface area (Å²) in [6, 6.07) is 5.14. The predicted molar refractivity (Wildman–Crippen MR) is 91.2 cm³/mol. The molecule has 1 aromatic rings. The van der Waals surface area contributed by atoms with Crippen LogP contribution in [-0.4, -0.2) is 44.0 Å². The van der Waals surface area contributed by atoms with Crippen LogP contribution in [0.3, 0.4) is 0 Å². The van der Waals surface area contributed by atoms with Crippen LogP contribution in [0.5, 0.6) is 11.5 Å². The number of carbonyl (C=O) groups excluding carboxylic acids is 2. The van der Waals surface area contributed by atoms with Crippen LogP contribution in [0.1, 0.15) is 44.2 Å². The highest BCUT2D eigenvalue weighted by Crippen LogP contribution is 2.29. The molecule has 2 rings (SSSR count). The maximum Gasteiger partial charge on any atom is 0.311 e. The van der Waals surface area contributed by atoms with Crippen LogP contribution in [0.15, 0.2) is 18.2 Å². The van der Waals surface area contributed by atoms with Crippen molar-refractivity contribution in [2.45, 2.75) is 38.6 Å². The Morgan fingerprint density at radius 3 is 2.25 bits per heavy atom. The highest BCUT2D eigenvalue weighted by Gasteiger charge is 2.24. The molecule has 6 nitrogen and oxygen atoms in total. The molecule has 6 heteroatoms. The number of methoxy groups -OCH3 is 2. The van der Waals surface area contributed by atoms with Crippen molar-refractivity contribution in [3.63, 3.8) is 0 Å². The molecule has 1 fully saturated rings. The highest BCUT2D eigenvalue weighted by molar-refractivity contribution is 6.35. The van der Waals surface area contributed by atoms with Gasteiger partial charge in [0.2, 0.25) is 0 Å². The van der Waals surface area contributed by atoms with Crippen LogP contribution in [0, 0.1) is 0 Å². The van der Waals surface area contributed by atoms with E-state index >= 15 is 0 Å². The number of nitrogens with zero attached hydrogens (tertiary/aromatic N) is 1. The second-order valence-corrected chi connectivity index (χ2v) is 6.02. The van der Waals surface area contributed by atoms with E-state index in [1.54, 1.807) is 31.3 Å². The first-order valence-electron chi connectivity index (χ1n) is 8.38. The minimum absolute atomic E-state index is 0.298. The molecular formula is C18H26N2O4. The van der Waals surface area contributed by atoms with E-state index in [2.05, 4.69) is 5.32 Å². The molecule has 1 N–H and O–H groups in total. The van der Waals surface area contributed by atoms with Crippen molar-refractivity contribution in [2.75, 3.05) is 27.3 Å². The third-order valence-corrected chi connectivity index (χ3v) is 4.34. The summed E-state index contributed by atoms with van der Waals surface area (Å²) in [5.74, 6) is 0.221. The topological polar surface area (TPSA) is 67.9 Å². The standard InChI is InChI=1S/C18H26N2O4/c1-13(14-8-9-15(23-2)16(12-14)24-3)19-17(21)18(22)20-10-6-4-5-7-11-20/h8-9,12-13H,4-7,10-11H2,1-3H3,(H,19,21). The summed E-state index contributed by atoms with van der Waals surface area (Å²) in [7, 11) is 3.14. The van der Waals surface area contributed by atoms with Gasteiger partial charge in [-0.25, -0.2) is 0 Å². The van der Waals surface area contributed by atoms with Crippen molar-refractivity contribution in [3.05, 3.63) is 23.8 Å². The van der Waals surface area contributed by atoms with Crippen molar-refractivity contribution in [1.29, 1.82) is 0 Å². The van der Waals surface area contributed by atoms with E-state index in [-0.39, 0.29) is 6.04 Å². The largest absolute Gasteiger partial charge is 0.493 e. The van der Waals surface area contributed by atoms with Gasteiger partial charge in [-0.15, -0.1) is 0 Å². The van der Waals surface area contributed by atoms with Gasteiger partial charge in [-0.05, 0) is 37.5 Å². The Hall–Kier alpha value is -2.24. The zero-order valence-electron chi connectivity index (χ0n) is 14.6. The van der Waals surface area contributed by atoms with Crippen molar-refractivity contribution < 1.29 is 19.1 Å². The summed E-state index contributed by atoms with van der Waals surface area (Å²) >= 11 is 0. The zero-order chi connectivity index (χ0) is 17.5. The van der Waals surface area contributed by atoms with Gasteiger partial charge in [-0.2, -0.15) is 0 Å². The Labute approximate surface area is 143 Å². The van der Waals surface area contributed by atoms with E-state index < -0.39 is 11.8 Å². The summed E-state index contributed by atoms with van der Waals surface area (Å²) in [5, 5.41) is 2.78. The van der Waals surface area contributed by atoms with Crippen molar-refractivity contribution in [2.24, 2.45) is 0 Å². The molecule has 24 heavy (non-hydrogen) atoms. The SMILES string of the molecule is COc1ccc(C(C)NC(=O)C(=O)N2CCCCCC2)cc1OC. The first-order chi connectivity index (χ1) is 11.6. The van der Waals surface area contributed by atoms with Gasteiger partial charge in [-0.3, -0.25) is 9.59 Å². The van der Waals surface area contributed by atoms with Gasteiger partial charge >= 0.3 is 11.8 Å². The van der Waals surface area contributed by atoms with Crippen molar-refractivity contribution in [1.82, 2.24) is 10.2 Å². The number of ether oxygens (including phenoxy) is 2. The molecule has 0 bridgehead atoms. The Bertz CT molecular complexity index is 580. The van der Waals surface area contributed by atoms with Gasteiger partial charge in [-0.1, -0.05) is 18.9 Å². The van der Waals surface area contributed by atoms with E-state index in [9.17, 15) is 9.59 Å². The van der Waals surface area contributed by atoms with E-state index in [0.29, 0.717) is 24.6 Å². The Balaban J connectivity index is 2.01. The number of hydrogen-bond acceptors (Lipinski definition) is 4. The molecule has 1 aliphatic heterocycles. The summed E-state index contributed by atoms with van der Waals surface area (Å²) in [6.45, 7) is 3.17. The molecular weight excluding hydrogens is 308 g/mol. The van der Waals surface area contributed by atoms with E-state index in [0.717, 1.165) is 31.2 Å². The summed E-state index contributed by atoms with van der Waals surface area (Å²) in [4.78, 5) is 26.2. The molecule has 1 heterocycles. The van der Waals surface area contributed by atoms with Crippen LogP contribution < -0.4 is 14.8 Å². The smallest absolute Gasteiger partial charge is 0.311 e. The average Bonchev–Trinajstić information content (AvgIpc) is 2.89. The Morgan fingerprint density at radius 1 is 1.04 bits per heavy atom. The molecule has 1 atom stereocenters. The van der Waals surface area contributed by atoms with Crippen molar-refractivity contribution in [3.8, 4) is 11.5 Å². The quantitative estimate of drug-likeness (QED) is 0.858. The molecule has 0 spiro atoms. The number of likely N-dealkylation sites (tertiary alicyclic amines) is 1. The van der Waals surface area contributed by atoms with Gasteiger partial charge in [0.15, 0.2) is 11.5 Å². The number of hydrogen-bond donors (Lipinski definition) is 1. The van der Waals surface area contributed by atoms with Gasteiger partial charge in [0.1, 0.15) is 0 Å². The lowest BCUT2D eigenvalue weighted by atomic mass is 10.1. The Kier molecular flexibility index (Phi) is 6.46. The van der Waals surface area contributed by atoms with Crippen LogP contribution in [0.25, 0.3) is 0 Å². The second kappa shape index (κ2) is 8.57. The maximum absolute atomic E-state index is 12.3. The van der Waals surface area contributed by atoms with Gasteiger partial charge in [0.05, 0.1) is 20.3 Å². The number of benzene rings is 1. The zero-order valence-corrected chi connectivity index (χ0v) is 14.6. The van der Waals surface area contributed by atoms with Crippen LogP contribution in [0.4, 0.5) is 0 Å². The highest BCUT2D eigenvalue weighted by atomic mass is 16.5. The second-order valence-electron chi connectivity index (χ2n) is 6.02. The number of amides is 2. The molecule has 1 aromatic carbocycles. The number of nitrogens with one attached hydrogen (secondary N) is 1. The normalized spacial score (nSPS) is 16.0. The molecule has 1 aliphatic rings. The molecule has 1 saturated heterocycles. The lowest BCUT2D eigenvalue weighted by Crippen LogP contribution is -2.44. The summed E-state index contributed by atoms with van der Waals surface area (Å²) in [5.41, 5.74) is 0.852. The third kappa shape index (κ3) is 4.40. The molecule has 1 unspecified atom stereocenters. The predicted octanol–water partition coefficient (Wildman–Crippen LogP) is 2.28. The van der Waals surface area contributed by atoms with Crippen LogP contribution in [0.2, 0.25) is 0 Å². The van der Waals surface area contributed by atoms with E-state index in [4.69, 9.17) is 9.47 Å². The molecule has 2 amide bonds. The molecule has 0 saturated carbocycles. The fourth-order valence-corrected chi connectivity index (χ4v) is 2.88. The van der Waals surface area contributed by atoms with Crippen LogP contribution >= 0.6 is 0 Å². The fraction of sp³-hybridized carbons (Fsp3) is 0.556. The number of rotatable bonds is 4. The third-order valence-electron chi connectivity index (χ3n) is 4.34. The van der Waals surface area contributed by atoms with Gasteiger partial charge in [0.25, 0.3) is 0 Å². The summed E-state index contributed by atoms with van der Waals surface area (Å²) < 4.78 is 10.5. The minimum atomic E-state index is -0.556. The maximum atomic E-state index is 12.3. The van der Waals surface area contributed by atoms with E-state index in [1.807, 2.05) is 13.0 Å². The first-order valence-corrected chi connectivity index (χ1v) is 8.38. The number of carbonyl (C=O) groups is 2. The molecule has 0 aliphatic carbocycles. The lowest BCUT2D eigenvalue weighted by molar-refractivity contribution is -0.146. The Morgan fingerprint density at radius 2 is 1.67 bits per heavy atom. The summed E-state index contributed by atoms with van der Waals surface area (Å²) in [6.07, 6.45) is 4.16. The monoisotopic (exact) mass is 334 g/mol. The molecule has 0 aromatic heterocycles. The lowest BCUT2D eigenvalue weighted by Gasteiger charge is -2.21. The van der Waals surface area contributed by atoms with Gasteiger partial charge < -0.3 is 19.7 Å². The van der Waals surface area contributed by atoms with Gasteiger partial charge in [0, 0.05) is 13.1 Å². The molecule has 0 radical (unpaired) electrons.